The van der Waals surface area contributed by atoms with Crippen LogP contribution in [-0.4, -0.2) is 46.3 Å². The van der Waals surface area contributed by atoms with E-state index in [1.165, 1.54) is 6.92 Å². The Kier molecular flexibility index (Phi) is 3.96. The van der Waals surface area contributed by atoms with Crippen LogP contribution in [0.4, 0.5) is 8.78 Å². The zero-order valence-electron chi connectivity index (χ0n) is 11.2. The molecule has 0 aromatic heterocycles. The van der Waals surface area contributed by atoms with Gasteiger partial charge in [0.15, 0.2) is 0 Å². The van der Waals surface area contributed by atoms with Crippen LogP contribution in [-0.2, 0) is 14.4 Å². The summed E-state index contributed by atoms with van der Waals surface area (Å²) in [6.45, 7) is 3.15. The van der Waals surface area contributed by atoms with Crippen LogP contribution in [0, 0.1) is 11.8 Å². The molecule has 6 nitrogen and oxygen atoms in total. The maximum absolute atomic E-state index is 12.2. The number of carbonyl (C=O) groups excluding carboxylic acids is 2. The Morgan fingerprint density at radius 1 is 1.43 bits per heavy atom. The first kappa shape index (κ1) is 15.7. The number of β-lactam (4-membered cyclic amide) rings is 1. The van der Waals surface area contributed by atoms with Gasteiger partial charge in [0.1, 0.15) is 5.70 Å². The van der Waals surface area contributed by atoms with E-state index in [1.807, 2.05) is 0 Å². The van der Waals surface area contributed by atoms with Gasteiger partial charge in [-0.05, 0) is 6.92 Å². The number of fused-ring (bicyclic) bond motifs is 1. The fourth-order valence-electron chi connectivity index (χ4n) is 2.93. The Balaban J connectivity index is 2.17. The fraction of sp³-hybridized carbons (Fsp3) is 0.583. The fourth-order valence-corrected chi connectivity index (χ4v) is 3.28. The molecule has 0 bridgehead atoms. The van der Waals surface area contributed by atoms with Gasteiger partial charge in [-0.3, -0.25) is 9.59 Å². The number of nitrogens with one attached hydrogen (secondary N) is 1. The minimum atomic E-state index is -3.16. The van der Waals surface area contributed by atoms with Gasteiger partial charge in [-0.2, -0.15) is 8.78 Å². The molecule has 1 saturated heterocycles. The van der Waals surface area contributed by atoms with E-state index in [-0.39, 0.29) is 16.5 Å². The van der Waals surface area contributed by atoms with E-state index in [0.29, 0.717) is 0 Å². The molecule has 21 heavy (non-hydrogen) atoms. The summed E-state index contributed by atoms with van der Waals surface area (Å²) in [5.41, 5.74) is -0.176. The Bertz CT molecular complexity index is 551. The van der Waals surface area contributed by atoms with E-state index in [4.69, 9.17) is 5.11 Å². The molecule has 2 heterocycles. The van der Waals surface area contributed by atoms with E-state index in [2.05, 4.69) is 17.9 Å². The molecule has 0 aromatic carbocycles. The normalized spacial score (nSPS) is 29.3. The molecule has 0 aromatic rings. The third-order valence-corrected chi connectivity index (χ3v) is 4.54. The molecular formula is C12H14F2N2O4S. The minimum absolute atomic E-state index is 0.176. The topological polar surface area (TPSA) is 86.7 Å². The van der Waals surface area contributed by atoms with E-state index >= 15 is 0 Å². The number of carbonyl (C=O) groups is 3. The van der Waals surface area contributed by atoms with E-state index < -0.39 is 42.2 Å². The molecule has 4 atom stereocenters. The van der Waals surface area contributed by atoms with Crippen LogP contribution in [0.3, 0.4) is 0 Å². The first-order chi connectivity index (χ1) is 9.68. The lowest BCUT2D eigenvalue weighted by Crippen LogP contribution is -2.66. The number of hydrogen-bond donors (Lipinski definition) is 3. The van der Waals surface area contributed by atoms with Crippen molar-refractivity contribution in [1.29, 1.82) is 0 Å². The van der Waals surface area contributed by atoms with Crippen LogP contribution >= 0.6 is 12.6 Å². The molecule has 0 radical (unpaired) electrons. The summed E-state index contributed by atoms with van der Waals surface area (Å²) < 4.78 is 24.5. The molecule has 9 heteroatoms. The third kappa shape index (κ3) is 2.29. The Morgan fingerprint density at radius 3 is 2.48 bits per heavy atom. The van der Waals surface area contributed by atoms with Crippen molar-refractivity contribution in [1.82, 2.24) is 10.2 Å². The third-order valence-electron chi connectivity index (χ3n) is 3.93. The number of carboxylic acid groups (broad SMARTS) is 1. The summed E-state index contributed by atoms with van der Waals surface area (Å²) in [6, 6.07) is -1.29. The Labute approximate surface area is 124 Å². The Hall–Kier alpha value is -1.64. The maximum Gasteiger partial charge on any atom is 0.353 e. The van der Waals surface area contributed by atoms with Gasteiger partial charge in [0, 0.05) is 16.9 Å². The zero-order valence-corrected chi connectivity index (χ0v) is 12.1. The summed E-state index contributed by atoms with van der Waals surface area (Å²) in [5.74, 6) is -4.27. The molecule has 2 N–H and O–H groups in total. The molecule has 0 aliphatic carbocycles. The minimum Gasteiger partial charge on any atom is -0.477 e. The number of rotatable bonds is 4. The van der Waals surface area contributed by atoms with Crippen LogP contribution in [0.2, 0.25) is 0 Å². The lowest BCUT2D eigenvalue weighted by molar-refractivity contribution is -0.159. The van der Waals surface area contributed by atoms with Crippen molar-refractivity contribution in [2.24, 2.45) is 11.8 Å². The smallest absolute Gasteiger partial charge is 0.353 e. The van der Waals surface area contributed by atoms with Gasteiger partial charge in [0.2, 0.25) is 5.91 Å². The number of alkyl halides is 2. The second-order valence-corrected chi connectivity index (χ2v) is 5.63. The highest BCUT2D eigenvalue weighted by atomic mass is 32.1. The molecule has 1 fully saturated rings. The van der Waals surface area contributed by atoms with E-state index in [0.717, 1.165) is 4.90 Å². The van der Waals surface area contributed by atoms with Gasteiger partial charge in [0.25, 0.3) is 5.91 Å². The lowest BCUT2D eigenvalue weighted by Gasteiger charge is -2.47. The summed E-state index contributed by atoms with van der Waals surface area (Å²) in [4.78, 5) is 35.7. The monoisotopic (exact) mass is 320 g/mol. The molecule has 0 unspecified atom stereocenters. The van der Waals surface area contributed by atoms with Crippen molar-refractivity contribution >= 4 is 30.4 Å². The number of halogens is 2. The number of carboxylic acids is 1. The first-order valence-corrected chi connectivity index (χ1v) is 6.71. The van der Waals surface area contributed by atoms with Gasteiger partial charge in [0.05, 0.1) is 12.0 Å². The predicted octanol–water partition coefficient (Wildman–Crippen LogP) is 0.459. The highest BCUT2D eigenvalue weighted by Crippen LogP contribution is 2.48. The van der Waals surface area contributed by atoms with Gasteiger partial charge >= 0.3 is 12.4 Å². The highest BCUT2D eigenvalue weighted by Gasteiger charge is 2.59. The number of thiol groups is 1. The van der Waals surface area contributed by atoms with Gasteiger partial charge in [-0.1, -0.05) is 6.92 Å². The molecular weight excluding hydrogens is 306 g/mol. The van der Waals surface area contributed by atoms with Crippen molar-refractivity contribution in [2.45, 2.75) is 32.4 Å². The quantitative estimate of drug-likeness (QED) is 0.519. The van der Waals surface area contributed by atoms with Gasteiger partial charge in [-0.25, -0.2) is 4.79 Å². The summed E-state index contributed by atoms with van der Waals surface area (Å²) >= 11 is 4.13. The van der Waals surface area contributed by atoms with Crippen LogP contribution in [0.1, 0.15) is 13.8 Å². The number of hydrogen-bond acceptors (Lipinski definition) is 4. The first-order valence-electron chi connectivity index (χ1n) is 6.26. The number of nitrogens with zero attached hydrogens (tertiary/aromatic N) is 1. The molecule has 116 valence electrons. The Morgan fingerprint density at radius 2 is 2.00 bits per heavy atom. The van der Waals surface area contributed by atoms with E-state index in [1.54, 1.807) is 6.92 Å². The summed E-state index contributed by atoms with van der Waals surface area (Å²) in [7, 11) is 0. The van der Waals surface area contributed by atoms with Crippen molar-refractivity contribution < 1.29 is 28.3 Å². The van der Waals surface area contributed by atoms with Crippen molar-refractivity contribution in [3.8, 4) is 0 Å². The van der Waals surface area contributed by atoms with Crippen molar-refractivity contribution in [2.75, 3.05) is 0 Å². The highest BCUT2D eigenvalue weighted by molar-refractivity contribution is 7.84. The standard InChI is InChI=1S/C12H14F2N2O4S/c1-3-6-5(4(2)15-10(17)9(13)14)11(18)16(6)7(8(3)21)12(19)20/h3-6,9,21H,1-2H3,(H,15,17)(H,19,20)/t3-,4-,5-,6+/m1/s1. The number of amides is 2. The molecule has 2 aliphatic rings. The summed E-state index contributed by atoms with van der Waals surface area (Å²) in [6.07, 6.45) is -3.16. The van der Waals surface area contributed by atoms with Crippen LogP contribution in [0.25, 0.3) is 0 Å². The molecule has 2 aliphatic heterocycles. The average molecular weight is 320 g/mol. The van der Waals surface area contributed by atoms with Crippen molar-refractivity contribution in [3.05, 3.63) is 10.6 Å². The van der Waals surface area contributed by atoms with Crippen LogP contribution in [0.5, 0.6) is 0 Å². The maximum atomic E-state index is 12.2. The molecule has 0 spiro atoms. The molecule has 2 amide bonds. The van der Waals surface area contributed by atoms with Crippen molar-refractivity contribution in [3.63, 3.8) is 0 Å². The van der Waals surface area contributed by atoms with Gasteiger partial charge in [-0.15, -0.1) is 12.6 Å². The predicted molar refractivity (Wildman–Crippen MR) is 70.5 cm³/mol. The number of aliphatic carboxylic acids is 1. The lowest BCUT2D eigenvalue weighted by atomic mass is 9.78. The second kappa shape index (κ2) is 5.28. The molecule has 0 saturated carbocycles. The van der Waals surface area contributed by atoms with Crippen LogP contribution < -0.4 is 5.32 Å². The SMILES string of the molecule is C[C@@H](NC(=O)C(F)F)[C@H]1C(=O)N2C(C(=O)O)=C(S)[C@H](C)[C@@H]12. The largest absolute Gasteiger partial charge is 0.477 e. The zero-order chi connectivity index (χ0) is 16.1. The average Bonchev–Trinajstić information content (AvgIpc) is 2.60. The van der Waals surface area contributed by atoms with Gasteiger partial charge < -0.3 is 15.3 Å². The van der Waals surface area contributed by atoms with Crippen LogP contribution in [0.15, 0.2) is 10.6 Å². The van der Waals surface area contributed by atoms with E-state index in [9.17, 15) is 23.2 Å². The molecule has 2 rings (SSSR count). The second-order valence-electron chi connectivity index (χ2n) is 5.15. The summed E-state index contributed by atoms with van der Waals surface area (Å²) in [5, 5.41) is 11.2.